The lowest BCUT2D eigenvalue weighted by atomic mass is 10.1. The van der Waals surface area contributed by atoms with Crippen LogP contribution in [0.3, 0.4) is 0 Å². The Bertz CT molecular complexity index is 1180. The molecule has 1 atom stereocenters. The molecule has 0 heterocycles. The Hall–Kier alpha value is -3.15. The fourth-order valence-corrected chi connectivity index (χ4v) is 7.06. The molecule has 0 radical (unpaired) electrons. The maximum atomic E-state index is 12.7. The van der Waals surface area contributed by atoms with Crippen molar-refractivity contribution in [1.29, 1.82) is 0 Å². The van der Waals surface area contributed by atoms with Gasteiger partial charge in [-0.1, -0.05) is 216 Å². The van der Waals surface area contributed by atoms with Gasteiger partial charge in [0.05, 0.1) is 0 Å². The second-order valence-electron chi connectivity index (χ2n) is 17.1. The Morgan fingerprint density at radius 1 is 0.339 bits per heavy atom. The lowest BCUT2D eigenvalue weighted by Crippen LogP contribution is -2.30. The van der Waals surface area contributed by atoms with E-state index in [4.69, 9.17) is 14.2 Å². The van der Waals surface area contributed by atoms with E-state index in [1.165, 1.54) is 96.3 Å². The summed E-state index contributed by atoms with van der Waals surface area (Å²) in [4.78, 5) is 37.9. The van der Waals surface area contributed by atoms with Gasteiger partial charge in [-0.15, -0.1) is 0 Å². The molecule has 0 rings (SSSR count). The summed E-state index contributed by atoms with van der Waals surface area (Å²) in [7, 11) is 0. The van der Waals surface area contributed by atoms with Gasteiger partial charge in [0, 0.05) is 19.3 Å². The molecule has 6 heteroatoms. The zero-order valence-electron chi connectivity index (χ0n) is 40.6. The number of hydrogen-bond donors (Lipinski definition) is 0. The van der Waals surface area contributed by atoms with E-state index in [9.17, 15) is 14.4 Å². The van der Waals surface area contributed by atoms with E-state index in [1.54, 1.807) is 0 Å². The first-order chi connectivity index (χ1) is 30.5. The van der Waals surface area contributed by atoms with Crippen LogP contribution in [0, 0.1) is 0 Å². The van der Waals surface area contributed by atoms with Crippen molar-refractivity contribution in [1.82, 2.24) is 0 Å². The van der Waals surface area contributed by atoms with Gasteiger partial charge in [-0.25, -0.2) is 0 Å². The van der Waals surface area contributed by atoms with Crippen LogP contribution >= 0.6 is 0 Å². The van der Waals surface area contributed by atoms with E-state index >= 15 is 0 Å². The summed E-state index contributed by atoms with van der Waals surface area (Å²) in [5.41, 5.74) is 0. The zero-order chi connectivity index (χ0) is 45.1. The molecule has 0 aromatic carbocycles. The van der Waals surface area contributed by atoms with E-state index in [1.807, 2.05) is 0 Å². The Morgan fingerprint density at radius 2 is 0.661 bits per heavy atom. The lowest BCUT2D eigenvalue weighted by Gasteiger charge is -2.18. The van der Waals surface area contributed by atoms with Gasteiger partial charge in [0.1, 0.15) is 13.2 Å². The highest BCUT2D eigenvalue weighted by Gasteiger charge is 2.19. The Balaban J connectivity index is 4.28. The van der Waals surface area contributed by atoms with E-state index in [-0.39, 0.29) is 31.1 Å². The molecule has 356 valence electrons. The van der Waals surface area contributed by atoms with Crippen molar-refractivity contribution >= 4 is 17.9 Å². The van der Waals surface area contributed by atoms with Gasteiger partial charge in [0.15, 0.2) is 6.10 Å². The van der Waals surface area contributed by atoms with Crippen molar-refractivity contribution in [3.63, 3.8) is 0 Å². The third-order valence-corrected chi connectivity index (χ3v) is 10.9. The van der Waals surface area contributed by atoms with Crippen LogP contribution in [0.4, 0.5) is 0 Å². The molecule has 0 aliphatic carbocycles. The smallest absolute Gasteiger partial charge is 0.306 e. The van der Waals surface area contributed by atoms with Crippen molar-refractivity contribution in [2.24, 2.45) is 0 Å². The molecule has 6 nitrogen and oxygen atoms in total. The lowest BCUT2D eigenvalue weighted by molar-refractivity contribution is -0.167. The SMILES string of the molecule is CC/C=C\C/C=C\C/C=C\C/C=C\C/C=C\CCCCCCCCCC(=O)OCC(COC(=O)CCCCCCC/C=C\CCC)OC(=O)CCCCCCCCCCCCC. The van der Waals surface area contributed by atoms with Gasteiger partial charge in [0.25, 0.3) is 0 Å². The van der Waals surface area contributed by atoms with Crippen LogP contribution in [0.5, 0.6) is 0 Å². The molecule has 62 heavy (non-hydrogen) atoms. The van der Waals surface area contributed by atoms with Gasteiger partial charge >= 0.3 is 17.9 Å². The molecule has 0 spiro atoms. The van der Waals surface area contributed by atoms with Gasteiger partial charge in [0.2, 0.25) is 0 Å². The zero-order valence-corrected chi connectivity index (χ0v) is 40.6. The molecule has 0 fully saturated rings. The highest BCUT2D eigenvalue weighted by atomic mass is 16.6. The number of rotatable bonds is 46. The molecular formula is C56H96O6. The number of allylic oxidation sites excluding steroid dienone is 12. The van der Waals surface area contributed by atoms with Crippen molar-refractivity contribution in [3.05, 3.63) is 72.9 Å². The van der Waals surface area contributed by atoms with Crippen LogP contribution in [-0.2, 0) is 28.6 Å². The number of esters is 3. The van der Waals surface area contributed by atoms with Crippen LogP contribution in [0.25, 0.3) is 0 Å². The minimum atomic E-state index is -0.779. The third-order valence-electron chi connectivity index (χ3n) is 10.9. The van der Waals surface area contributed by atoms with Crippen LogP contribution in [-0.4, -0.2) is 37.2 Å². The molecule has 0 N–H and O–H groups in total. The molecule has 0 saturated heterocycles. The van der Waals surface area contributed by atoms with E-state index in [2.05, 4.69) is 93.7 Å². The summed E-state index contributed by atoms with van der Waals surface area (Å²) in [5, 5.41) is 0. The molecule has 1 unspecified atom stereocenters. The van der Waals surface area contributed by atoms with Crippen LogP contribution in [0.1, 0.15) is 245 Å². The van der Waals surface area contributed by atoms with Crippen molar-refractivity contribution in [2.45, 2.75) is 252 Å². The summed E-state index contributed by atoms with van der Waals surface area (Å²) >= 11 is 0. The van der Waals surface area contributed by atoms with Gasteiger partial charge in [-0.2, -0.15) is 0 Å². The Kier molecular flexibility index (Phi) is 47.9. The number of unbranched alkanes of at least 4 members (excludes halogenated alkanes) is 23. The summed E-state index contributed by atoms with van der Waals surface area (Å²) in [5.74, 6) is -0.902. The normalized spacial score (nSPS) is 12.6. The second-order valence-corrected chi connectivity index (χ2v) is 17.1. The monoisotopic (exact) mass is 865 g/mol. The predicted molar refractivity (Wildman–Crippen MR) is 265 cm³/mol. The first kappa shape index (κ1) is 58.9. The topological polar surface area (TPSA) is 78.9 Å². The number of carbonyl (C=O) groups is 3. The molecule has 0 bridgehead atoms. The Morgan fingerprint density at radius 3 is 1.06 bits per heavy atom. The second kappa shape index (κ2) is 50.5. The molecule has 0 amide bonds. The molecular weight excluding hydrogens is 769 g/mol. The van der Waals surface area contributed by atoms with Crippen molar-refractivity contribution in [3.8, 4) is 0 Å². The minimum absolute atomic E-state index is 0.0821. The quantitative estimate of drug-likeness (QED) is 0.0262. The van der Waals surface area contributed by atoms with E-state index in [0.29, 0.717) is 19.3 Å². The van der Waals surface area contributed by atoms with E-state index in [0.717, 1.165) is 109 Å². The highest BCUT2D eigenvalue weighted by Crippen LogP contribution is 2.15. The van der Waals surface area contributed by atoms with E-state index < -0.39 is 6.10 Å². The van der Waals surface area contributed by atoms with Crippen molar-refractivity contribution in [2.75, 3.05) is 13.2 Å². The molecule has 0 aromatic heterocycles. The standard InChI is InChI=1S/C56H96O6/c1-4-7-10-13-16-19-22-23-24-25-26-27-28-29-30-31-32-33-35-37-40-43-46-49-55(58)61-52-53(51-60-54(57)48-45-42-39-36-21-18-15-12-9-6-3)62-56(59)50-47-44-41-38-34-20-17-14-11-8-5-2/h7,10,12,15-16,19,23-24,26-27,29-30,53H,4-6,8-9,11,13-14,17-18,20-22,25,28,31-52H2,1-3H3/b10-7-,15-12-,19-16-,24-23-,27-26-,30-29-. The first-order valence-corrected chi connectivity index (χ1v) is 25.9. The molecule has 0 aliphatic heterocycles. The van der Waals surface area contributed by atoms with Crippen LogP contribution in [0.2, 0.25) is 0 Å². The summed E-state index contributed by atoms with van der Waals surface area (Å²) in [6.07, 6.45) is 63.2. The largest absolute Gasteiger partial charge is 0.462 e. The van der Waals surface area contributed by atoms with Gasteiger partial charge in [-0.3, -0.25) is 14.4 Å². The third kappa shape index (κ3) is 47.9. The average molecular weight is 865 g/mol. The fraction of sp³-hybridized carbons (Fsp3) is 0.732. The molecule has 0 aromatic rings. The first-order valence-electron chi connectivity index (χ1n) is 25.9. The van der Waals surface area contributed by atoms with Crippen molar-refractivity contribution < 1.29 is 28.6 Å². The fourth-order valence-electron chi connectivity index (χ4n) is 7.06. The Labute approximate surface area is 382 Å². The maximum absolute atomic E-state index is 12.7. The molecule has 0 saturated carbocycles. The number of carbonyl (C=O) groups excluding carboxylic acids is 3. The maximum Gasteiger partial charge on any atom is 0.306 e. The predicted octanol–water partition coefficient (Wildman–Crippen LogP) is 17.0. The number of ether oxygens (including phenoxy) is 3. The average Bonchev–Trinajstić information content (AvgIpc) is 3.27. The summed E-state index contributed by atoms with van der Waals surface area (Å²) in [6.45, 7) is 6.44. The summed E-state index contributed by atoms with van der Waals surface area (Å²) in [6, 6.07) is 0. The highest BCUT2D eigenvalue weighted by molar-refractivity contribution is 5.71. The van der Waals surface area contributed by atoms with Gasteiger partial charge in [-0.05, 0) is 83.5 Å². The minimum Gasteiger partial charge on any atom is -0.462 e. The van der Waals surface area contributed by atoms with Crippen LogP contribution < -0.4 is 0 Å². The van der Waals surface area contributed by atoms with Gasteiger partial charge < -0.3 is 14.2 Å². The molecule has 0 aliphatic rings. The van der Waals surface area contributed by atoms with Crippen LogP contribution in [0.15, 0.2) is 72.9 Å². The summed E-state index contributed by atoms with van der Waals surface area (Å²) < 4.78 is 16.7. The number of hydrogen-bond acceptors (Lipinski definition) is 6.